The summed E-state index contributed by atoms with van der Waals surface area (Å²) in [6, 6.07) is 0. The topological polar surface area (TPSA) is 12.4 Å². The summed E-state index contributed by atoms with van der Waals surface area (Å²) in [6.45, 7) is 12.0. The fourth-order valence-corrected chi connectivity index (χ4v) is 1.04. The molecule has 0 rings (SSSR count). The lowest BCUT2D eigenvalue weighted by Crippen LogP contribution is -1.91. The van der Waals surface area contributed by atoms with Crippen LogP contribution in [0.5, 0.6) is 0 Å². The van der Waals surface area contributed by atoms with E-state index in [1.807, 2.05) is 0 Å². The predicted octanol–water partition coefficient (Wildman–Crippen LogP) is 3.58. The highest BCUT2D eigenvalue weighted by Gasteiger charge is 1.99. The average Bonchev–Trinajstić information content (AvgIpc) is 2.06. The molecular weight excluding hydrogens is 146 g/mol. The van der Waals surface area contributed by atoms with Gasteiger partial charge < -0.3 is 0 Å². The Morgan fingerprint density at radius 3 is 2.33 bits per heavy atom. The van der Waals surface area contributed by atoms with Gasteiger partial charge in [0.25, 0.3) is 0 Å². The van der Waals surface area contributed by atoms with Gasteiger partial charge in [-0.15, -0.1) is 0 Å². The van der Waals surface area contributed by atoms with E-state index in [0.717, 1.165) is 12.1 Å². The monoisotopic (exact) mass is 165 g/mol. The van der Waals surface area contributed by atoms with Gasteiger partial charge in [-0.2, -0.15) is 0 Å². The normalized spacial score (nSPS) is 13.8. The Morgan fingerprint density at radius 2 is 2.08 bits per heavy atom. The van der Waals surface area contributed by atoms with Crippen LogP contribution in [-0.2, 0) is 0 Å². The molecule has 68 valence electrons. The second kappa shape index (κ2) is 5.76. The minimum Gasteiger partial charge on any atom is -0.269 e. The van der Waals surface area contributed by atoms with Crippen molar-refractivity contribution in [3.63, 3.8) is 0 Å². The molecule has 0 aliphatic rings. The highest BCUT2D eigenvalue weighted by molar-refractivity contribution is 5.32. The molecular formula is C11H19N. The van der Waals surface area contributed by atoms with E-state index < -0.39 is 0 Å². The van der Waals surface area contributed by atoms with Crippen molar-refractivity contribution in [2.45, 2.75) is 34.1 Å². The van der Waals surface area contributed by atoms with Crippen LogP contribution in [0.1, 0.15) is 34.1 Å². The van der Waals surface area contributed by atoms with E-state index >= 15 is 0 Å². The minimum absolute atomic E-state index is 0.568. The van der Waals surface area contributed by atoms with Crippen molar-refractivity contribution in [1.82, 2.24) is 0 Å². The Bertz CT molecular complexity index is 197. The summed E-state index contributed by atoms with van der Waals surface area (Å²) in [5.74, 6) is 0.568. The first kappa shape index (κ1) is 11.2. The number of hydrogen-bond donors (Lipinski definition) is 0. The lowest BCUT2D eigenvalue weighted by molar-refractivity contribution is 0.785. The smallest absolute Gasteiger partial charge is 0.0396 e. The van der Waals surface area contributed by atoms with E-state index in [4.69, 9.17) is 0 Å². The van der Waals surface area contributed by atoms with Gasteiger partial charge in [0.2, 0.25) is 0 Å². The van der Waals surface area contributed by atoms with Crippen molar-refractivity contribution < 1.29 is 0 Å². The molecule has 0 aliphatic heterocycles. The summed E-state index contributed by atoms with van der Waals surface area (Å²) in [5.41, 5.74) is 2.40. The van der Waals surface area contributed by atoms with Crippen LogP contribution in [0.15, 0.2) is 28.4 Å². The zero-order valence-corrected chi connectivity index (χ0v) is 8.59. The molecule has 0 saturated heterocycles. The van der Waals surface area contributed by atoms with E-state index in [9.17, 15) is 0 Å². The van der Waals surface area contributed by atoms with Crippen molar-refractivity contribution in [3.8, 4) is 0 Å². The van der Waals surface area contributed by atoms with Crippen molar-refractivity contribution in [1.29, 1.82) is 0 Å². The van der Waals surface area contributed by atoms with E-state index in [0.29, 0.717) is 5.92 Å². The first-order valence-electron chi connectivity index (χ1n) is 4.49. The third-order valence-corrected chi connectivity index (χ3v) is 1.90. The van der Waals surface area contributed by atoms with Gasteiger partial charge in [-0.05, 0) is 37.6 Å². The zero-order chi connectivity index (χ0) is 9.56. The maximum atomic E-state index is 3.95. The van der Waals surface area contributed by atoms with Gasteiger partial charge in [0.15, 0.2) is 0 Å². The molecule has 0 spiro atoms. The first-order valence-corrected chi connectivity index (χ1v) is 4.49. The molecule has 0 radical (unpaired) electrons. The van der Waals surface area contributed by atoms with E-state index in [-0.39, 0.29) is 0 Å². The lowest BCUT2D eigenvalue weighted by atomic mass is 10.0. The number of nitrogens with zero attached hydrogens (tertiary/aromatic N) is 1. The third-order valence-electron chi connectivity index (χ3n) is 1.90. The Balaban J connectivity index is 4.56. The summed E-state index contributed by atoms with van der Waals surface area (Å²) in [6.07, 6.45) is 5.21. The standard InChI is InChI=1S/C11H19N/c1-6-10(9(3)4)8-11(7-2)12-5/h6,8-9H,5,7H2,1-4H3/b10-6+,11-8-. The largest absolute Gasteiger partial charge is 0.269 e. The Morgan fingerprint density at radius 1 is 1.50 bits per heavy atom. The molecule has 0 atom stereocenters. The molecule has 0 unspecified atom stereocenters. The van der Waals surface area contributed by atoms with Crippen LogP contribution >= 0.6 is 0 Å². The van der Waals surface area contributed by atoms with Gasteiger partial charge in [0.05, 0.1) is 0 Å². The van der Waals surface area contributed by atoms with Gasteiger partial charge in [0, 0.05) is 5.70 Å². The maximum Gasteiger partial charge on any atom is 0.0396 e. The Hall–Kier alpha value is -0.850. The van der Waals surface area contributed by atoms with Crippen molar-refractivity contribution in [2.24, 2.45) is 10.9 Å². The molecule has 12 heavy (non-hydrogen) atoms. The highest BCUT2D eigenvalue weighted by atomic mass is 14.7. The number of hydrogen-bond acceptors (Lipinski definition) is 1. The van der Waals surface area contributed by atoms with Crippen LogP contribution in [0.25, 0.3) is 0 Å². The van der Waals surface area contributed by atoms with Crippen LogP contribution in [0.4, 0.5) is 0 Å². The van der Waals surface area contributed by atoms with Crippen LogP contribution < -0.4 is 0 Å². The SMILES string of the molecule is C=N/C(=C\C(=C/C)C(C)C)CC. The summed E-state index contributed by atoms with van der Waals surface area (Å²) in [5, 5.41) is 0. The second-order valence-electron chi connectivity index (χ2n) is 3.09. The third kappa shape index (κ3) is 3.51. The number of aliphatic imine (C=N–C) groups is 1. The molecule has 1 heteroatoms. The molecule has 0 amide bonds. The molecule has 0 aliphatic carbocycles. The lowest BCUT2D eigenvalue weighted by Gasteiger charge is -2.06. The Kier molecular flexibility index (Phi) is 5.35. The molecule has 0 aromatic carbocycles. The molecule has 1 nitrogen and oxygen atoms in total. The molecule has 0 saturated carbocycles. The molecule has 0 heterocycles. The predicted molar refractivity (Wildman–Crippen MR) is 56.5 cm³/mol. The fraction of sp³-hybridized carbons (Fsp3) is 0.545. The molecule has 0 aromatic rings. The van der Waals surface area contributed by atoms with E-state index in [1.54, 1.807) is 0 Å². The van der Waals surface area contributed by atoms with Crippen LogP contribution in [-0.4, -0.2) is 6.72 Å². The number of allylic oxidation sites excluding steroid dienone is 4. The van der Waals surface area contributed by atoms with Crippen LogP contribution in [0, 0.1) is 5.92 Å². The van der Waals surface area contributed by atoms with Crippen molar-refractivity contribution in [3.05, 3.63) is 23.4 Å². The number of rotatable bonds is 4. The quantitative estimate of drug-likeness (QED) is 0.446. The maximum absolute atomic E-state index is 3.95. The molecule has 0 fully saturated rings. The van der Waals surface area contributed by atoms with Gasteiger partial charge in [-0.25, -0.2) is 0 Å². The van der Waals surface area contributed by atoms with Gasteiger partial charge >= 0.3 is 0 Å². The van der Waals surface area contributed by atoms with Gasteiger partial charge in [0.1, 0.15) is 0 Å². The molecule has 0 bridgehead atoms. The van der Waals surface area contributed by atoms with Crippen molar-refractivity contribution >= 4 is 6.72 Å². The molecule has 0 N–H and O–H groups in total. The van der Waals surface area contributed by atoms with Crippen LogP contribution in [0.3, 0.4) is 0 Å². The highest BCUT2D eigenvalue weighted by Crippen LogP contribution is 2.14. The minimum atomic E-state index is 0.568. The fourth-order valence-electron chi connectivity index (χ4n) is 1.04. The second-order valence-corrected chi connectivity index (χ2v) is 3.09. The summed E-state index contributed by atoms with van der Waals surface area (Å²) in [4.78, 5) is 3.95. The van der Waals surface area contributed by atoms with Gasteiger partial charge in [-0.3, -0.25) is 4.99 Å². The summed E-state index contributed by atoms with van der Waals surface area (Å²) >= 11 is 0. The average molecular weight is 165 g/mol. The van der Waals surface area contributed by atoms with Gasteiger partial charge in [-0.1, -0.05) is 26.8 Å². The zero-order valence-electron chi connectivity index (χ0n) is 8.59. The van der Waals surface area contributed by atoms with Crippen molar-refractivity contribution in [2.75, 3.05) is 0 Å². The summed E-state index contributed by atoms with van der Waals surface area (Å²) in [7, 11) is 0. The van der Waals surface area contributed by atoms with E-state index in [1.165, 1.54) is 5.57 Å². The molecule has 0 aromatic heterocycles. The summed E-state index contributed by atoms with van der Waals surface area (Å²) < 4.78 is 0. The van der Waals surface area contributed by atoms with E-state index in [2.05, 4.69) is 51.6 Å². The van der Waals surface area contributed by atoms with Crippen LogP contribution in [0.2, 0.25) is 0 Å². The Labute approximate surface area is 75.9 Å². The first-order chi connectivity index (χ1) is 5.65.